The number of hydrogen-bond donors (Lipinski definition) is 0. The SMILES string of the molecule is Clc1nnc(-c2cc3cccc(Cl)c3o2)c2ccccc12. The van der Waals surface area contributed by atoms with Crippen LogP contribution in [-0.2, 0) is 0 Å². The lowest BCUT2D eigenvalue weighted by Crippen LogP contribution is -1.90. The van der Waals surface area contributed by atoms with Gasteiger partial charge in [-0.25, -0.2) is 0 Å². The molecule has 0 saturated heterocycles. The third-order valence-corrected chi connectivity index (χ3v) is 3.95. The highest BCUT2D eigenvalue weighted by Crippen LogP contribution is 2.35. The monoisotopic (exact) mass is 314 g/mol. The van der Waals surface area contributed by atoms with E-state index in [2.05, 4.69) is 10.2 Å². The molecule has 3 nitrogen and oxygen atoms in total. The van der Waals surface area contributed by atoms with Crippen LogP contribution in [0.4, 0.5) is 0 Å². The van der Waals surface area contributed by atoms with E-state index in [9.17, 15) is 0 Å². The summed E-state index contributed by atoms with van der Waals surface area (Å²) in [5, 5.41) is 11.8. The summed E-state index contributed by atoms with van der Waals surface area (Å²) in [7, 11) is 0. The molecule has 4 aromatic rings. The number of aromatic nitrogens is 2. The number of rotatable bonds is 1. The maximum atomic E-state index is 6.15. The molecular weight excluding hydrogens is 307 g/mol. The van der Waals surface area contributed by atoms with E-state index in [4.69, 9.17) is 27.6 Å². The topological polar surface area (TPSA) is 38.9 Å². The largest absolute Gasteiger partial charge is 0.453 e. The van der Waals surface area contributed by atoms with Crippen LogP contribution < -0.4 is 0 Å². The maximum absolute atomic E-state index is 6.15. The van der Waals surface area contributed by atoms with Crippen LogP contribution in [0.1, 0.15) is 0 Å². The van der Waals surface area contributed by atoms with E-state index in [-0.39, 0.29) is 0 Å². The molecule has 0 atom stereocenters. The fraction of sp³-hybridized carbons (Fsp3) is 0. The van der Waals surface area contributed by atoms with E-state index in [0.29, 0.717) is 27.2 Å². The van der Waals surface area contributed by atoms with Crippen molar-refractivity contribution in [2.45, 2.75) is 0 Å². The third-order valence-electron chi connectivity index (χ3n) is 3.37. The predicted octanol–water partition coefficient (Wildman–Crippen LogP) is 5.35. The molecule has 0 saturated carbocycles. The van der Waals surface area contributed by atoms with Gasteiger partial charge in [0, 0.05) is 16.2 Å². The van der Waals surface area contributed by atoms with Gasteiger partial charge >= 0.3 is 0 Å². The van der Waals surface area contributed by atoms with Gasteiger partial charge in [0.2, 0.25) is 0 Å². The van der Waals surface area contributed by atoms with Gasteiger partial charge in [0.05, 0.1) is 5.02 Å². The van der Waals surface area contributed by atoms with Crippen molar-refractivity contribution in [3.05, 3.63) is 58.7 Å². The van der Waals surface area contributed by atoms with Crippen LogP contribution in [0.25, 0.3) is 33.2 Å². The maximum Gasteiger partial charge on any atom is 0.159 e. The summed E-state index contributed by atoms with van der Waals surface area (Å²) >= 11 is 12.2. The van der Waals surface area contributed by atoms with Gasteiger partial charge in [-0.15, -0.1) is 10.2 Å². The smallest absolute Gasteiger partial charge is 0.159 e. The molecule has 21 heavy (non-hydrogen) atoms. The van der Waals surface area contributed by atoms with Crippen molar-refractivity contribution < 1.29 is 4.42 Å². The molecule has 2 heterocycles. The number of fused-ring (bicyclic) bond motifs is 2. The van der Waals surface area contributed by atoms with Gasteiger partial charge in [0.15, 0.2) is 16.5 Å². The van der Waals surface area contributed by atoms with Crippen molar-refractivity contribution in [1.82, 2.24) is 10.2 Å². The van der Waals surface area contributed by atoms with Gasteiger partial charge in [-0.2, -0.15) is 0 Å². The van der Waals surface area contributed by atoms with Crippen molar-refractivity contribution in [1.29, 1.82) is 0 Å². The summed E-state index contributed by atoms with van der Waals surface area (Å²) in [6, 6.07) is 15.2. The van der Waals surface area contributed by atoms with Crippen molar-refractivity contribution in [3.63, 3.8) is 0 Å². The Morgan fingerprint density at radius 2 is 1.67 bits per heavy atom. The number of furan rings is 1. The fourth-order valence-electron chi connectivity index (χ4n) is 2.40. The Bertz CT molecular complexity index is 979. The highest BCUT2D eigenvalue weighted by atomic mass is 35.5. The molecule has 0 unspecified atom stereocenters. The highest BCUT2D eigenvalue weighted by molar-refractivity contribution is 6.35. The quantitative estimate of drug-likeness (QED) is 0.475. The lowest BCUT2D eigenvalue weighted by Gasteiger charge is -2.03. The zero-order valence-electron chi connectivity index (χ0n) is 10.7. The molecule has 102 valence electrons. The number of benzene rings is 2. The average molecular weight is 315 g/mol. The van der Waals surface area contributed by atoms with Crippen LogP contribution in [-0.4, -0.2) is 10.2 Å². The number of nitrogens with zero attached hydrogens (tertiary/aromatic N) is 2. The summed E-state index contributed by atoms with van der Waals surface area (Å²) in [4.78, 5) is 0. The molecule has 0 aliphatic heterocycles. The molecule has 0 aliphatic carbocycles. The predicted molar refractivity (Wildman–Crippen MR) is 84.8 cm³/mol. The Balaban J connectivity index is 2.05. The zero-order valence-corrected chi connectivity index (χ0v) is 12.2. The van der Waals surface area contributed by atoms with Crippen molar-refractivity contribution in [2.75, 3.05) is 0 Å². The zero-order chi connectivity index (χ0) is 14.4. The standard InChI is InChI=1S/C16H8Cl2N2O/c17-12-7-3-4-9-8-13(21-15(9)12)14-10-5-1-2-6-11(10)16(18)20-19-14/h1-8H. The minimum atomic E-state index is 0.378. The van der Waals surface area contributed by atoms with E-state index in [1.54, 1.807) is 6.07 Å². The minimum Gasteiger partial charge on any atom is -0.453 e. The van der Waals surface area contributed by atoms with Crippen molar-refractivity contribution in [3.8, 4) is 11.5 Å². The second kappa shape index (κ2) is 4.72. The Labute approximate surface area is 130 Å². The first-order chi connectivity index (χ1) is 10.2. The van der Waals surface area contributed by atoms with Gasteiger partial charge in [-0.1, -0.05) is 59.6 Å². The lowest BCUT2D eigenvalue weighted by molar-refractivity contribution is 0.628. The molecule has 2 aromatic carbocycles. The Kier molecular flexibility index (Phi) is 2.84. The van der Waals surface area contributed by atoms with Gasteiger partial charge in [-0.05, 0) is 12.1 Å². The number of halogens is 2. The van der Waals surface area contributed by atoms with Crippen molar-refractivity contribution >= 4 is 44.9 Å². The Morgan fingerprint density at radius 1 is 0.857 bits per heavy atom. The van der Waals surface area contributed by atoms with E-state index in [1.807, 2.05) is 42.5 Å². The molecule has 5 heteroatoms. The molecule has 0 fully saturated rings. The Morgan fingerprint density at radius 3 is 2.48 bits per heavy atom. The van der Waals surface area contributed by atoms with E-state index in [0.717, 1.165) is 16.2 Å². The van der Waals surface area contributed by atoms with Gasteiger partial charge in [-0.3, -0.25) is 0 Å². The molecule has 0 bridgehead atoms. The van der Waals surface area contributed by atoms with Crippen LogP contribution in [0, 0.1) is 0 Å². The molecule has 0 amide bonds. The summed E-state index contributed by atoms with van der Waals surface area (Å²) in [5.41, 5.74) is 1.30. The van der Waals surface area contributed by atoms with Crippen LogP contribution in [0.15, 0.2) is 52.9 Å². The fourth-order valence-corrected chi connectivity index (χ4v) is 2.82. The van der Waals surface area contributed by atoms with E-state index >= 15 is 0 Å². The van der Waals surface area contributed by atoms with E-state index < -0.39 is 0 Å². The van der Waals surface area contributed by atoms with Crippen LogP contribution in [0.3, 0.4) is 0 Å². The van der Waals surface area contributed by atoms with E-state index in [1.165, 1.54) is 0 Å². The Hall–Kier alpha value is -2.10. The second-order valence-corrected chi connectivity index (χ2v) is 5.42. The molecule has 0 spiro atoms. The summed E-state index contributed by atoms with van der Waals surface area (Å²) in [6.45, 7) is 0. The minimum absolute atomic E-state index is 0.378. The normalized spacial score (nSPS) is 11.3. The molecule has 0 radical (unpaired) electrons. The summed E-state index contributed by atoms with van der Waals surface area (Å²) < 4.78 is 5.86. The van der Waals surface area contributed by atoms with Gasteiger partial charge in [0.25, 0.3) is 0 Å². The highest BCUT2D eigenvalue weighted by Gasteiger charge is 2.14. The summed E-state index contributed by atoms with van der Waals surface area (Å²) in [5.74, 6) is 0.624. The van der Waals surface area contributed by atoms with Crippen LogP contribution >= 0.6 is 23.2 Å². The summed E-state index contributed by atoms with van der Waals surface area (Å²) in [6.07, 6.45) is 0. The molecule has 2 aromatic heterocycles. The van der Waals surface area contributed by atoms with Gasteiger partial charge < -0.3 is 4.42 Å². The van der Waals surface area contributed by atoms with Crippen molar-refractivity contribution in [2.24, 2.45) is 0 Å². The number of hydrogen-bond acceptors (Lipinski definition) is 3. The lowest BCUT2D eigenvalue weighted by atomic mass is 10.1. The van der Waals surface area contributed by atoms with Crippen LogP contribution in [0.5, 0.6) is 0 Å². The second-order valence-electron chi connectivity index (χ2n) is 4.65. The third kappa shape index (κ3) is 1.97. The number of para-hydroxylation sites is 1. The average Bonchev–Trinajstić information content (AvgIpc) is 2.93. The van der Waals surface area contributed by atoms with Gasteiger partial charge in [0.1, 0.15) is 5.69 Å². The molecular formula is C16H8Cl2N2O. The first-order valence-electron chi connectivity index (χ1n) is 6.33. The molecule has 4 rings (SSSR count). The van der Waals surface area contributed by atoms with Crippen LogP contribution in [0.2, 0.25) is 10.2 Å². The molecule has 0 aliphatic rings. The first kappa shape index (κ1) is 12.6. The first-order valence-corrected chi connectivity index (χ1v) is 7.09. The molecule has 0 N–H and O–H groups in total.